The molecule has 1 aromatic heterocycles. The second kappa shape index (κ2) is 8.80. The maximum atomic E-state index is 6.32. The Morgan fingerprint density at radius 1 is 1.21 bits per heavy atom. The van der Waals surface area contributed by atoms with Crippen molar-refractivity contribution in [2.24, 2.45) is 0 Å². The molecule has 6 heteroatoms. The molecule has 0 unspecified atom stereocenters. The van der Waals surface area contributed by atoms with E-state index in [-0.39, 0.29) is 12.8 Å². The summed E-state index contributed by atoms with van der Waals surface area (Å²) in [7, 11) is 2.14. The van der Waals surface area contributed by atoms with Gasteiger partial charge in [0.05, 0.1) is 5.52 Å². The number of hydrogen-bond donors (Lipinski definition) is 1. The van der Waals surface area contributed by atoms with Crippen molar-refractivity contribution in [3.8, 4) is 23.8 Å². The molecule has 0 radical (unpaired) electrons. The van der Waals surface area contributed by atoms with Crippen molar-refractivity contribution in [3.05, 3.63) is 54.5 Å². The van der Waals surface area contributed by atoms with Gasteiger partial charge in [0, 0.05) is 42.0 Å². The highest BCUT2D eigenvalue weighted by Crippen LogP contribution is 2.33. The lowest BCUT2D eigenvalue weighted by molar-refractivity contribution is 0.110. The fourth-order valence-corrected chi connectivity index (χ4v) is 3.39. The summed E-state index contributed by atoms with van der Waals surface area (Å²) in [5.41, 5.74) is 2.55. The van der Waals surface area contributed by atoms with Gasteiger partial charge in [-0.3, -0.25) is 0 Å². The van der Waals surface area contributed by atoms with Crippen LogP contribution in [0, 0.1) is 12.3 Å². The van der Waals surface area contributed by atoms with E-state index in [2.05, 4.69) is 33.2 Å². The smallest absolute Gasteiger partial charge is 0.166 e. The van der Waals surface area contributed by atoms with Crippen LogP contribution in [-0.2, 0) is 0 Å². The first-order valence-corrected chi connectivity index (χ1v) is 9.73. The molecule has 0 amide bonds. The summed E-state index contributed by atoms with van der Waals surface area (Å²) in [4.78, 5) is 10.8. The van der Waals surface area contributed by atoms with Crippen molar-refractivity contribution < 1.29 is 9.47 Å². The van der Waals surface area contributed by atoms with Crippen molar-refractivity contribution in [1.82, 2.24) is 14.9 Å². The van der Waals surface area contributed by atoms with Crippen LogP contribution in [0.15, 0.2) is 48.9 Å². The highest BCUT2D eigenvalue weighted by Gasteiger charge is 2.20. The minimum atomic E-state index is 0.177. The lowest BCUT2D eigenvalue weighted by Gasteiger charge is -2.29. The average molecular weight is 388 g/mol. The van der Waals surface area contributed by atoms with Crippen molar-refractivity contribution >= 4 is 16.6 Å². The monoisotopic (exact) mass is 388 g/mol. The molecule has 0 bridgehead atoms. The first-order chi connectivity index (χ1) is 14.2. The molecule has 4 rings (SSSR count). The highest BCUT2D eigenvalue weighted by molar-refractivity contribution is 5.81. The van der Waals surface area contributed by atoms with Crippen molar-refractivity contribution in [2.75, 3.05) is 32.2 Å². The number of nitrogens with one attached hydrogen (secondary N) is 1. The molecule has 2 aromatic carbocycles. The van der Waals surface area contributed by atoms with E-state index in [1.807, 2.05) is 36.4 Å². The van der Waals surface area contributed by atoms with Crippen LogP contribution >= 0.6 is 0 Å². The topological polar surface area (TPSA) is 59.5 Å². The summed E-state index contributed by atoms with van der Waals surface area (Å²) in [5.74, 6) is 4.02. The van der Waals surface area contributed by atoms with E-state index in [4.69, 9.17) is 15.9 Å². The summed E-state index contributed by atoms with van der Waals surface area (Å²) in [6.45, 7) is 2.35. The number of piperidine rings is 1. The van der Waals surface area contributed by atoms with Gasteiger partial charge in [-0.1, -0.05) is 12.0 Å². The van der Waals surface area contributed by atoms with Gasteiger partial charge in [-0.15, -0.1) is 6.42 Å². The number of likely N-dealkylation sites (tertiary alicyclic amines) is 1. The van der Waals surface area contributed by atoms with Gasteiger partial charge in [0.1, 0.15) is 12.4 Å². The van der Waals surface area contributed by atoms with Crippen molar-refractivity contribution in [2.45, 2.75) is 18.9 Å². The number of terminal acetylenes is 1. The van der Waals surface area contributed by atoms with Crippen molar-refractivity contribution in [1.29, 1.82) is 0 Å². The number of anilines is 1. The van der Waals surface area contributed by atoms with Gasteiger partial charge < -0.3 is 19.7 Å². The standard InChI is InChI=1S/C23H24N4O2/c1-3-17-5-4-6-19(11-17)26-16-28-22-13-21-18(14-24-15-25-21)12-23(22)29-20-7-9-27(2)10-8-20/h1,4-6,11-15,20,26H,7-10,16H2,2H3. The minimum Gasteiger partial charge on any atom is -0.486 e. The molecule has 3 aromatic rings. The SMILES string of the molecule is C#Cc1cccc(NCOc2cc3ncncc3cc2OC2CCN(C)CC2)c1. The molecular weight excluding hydrogens is 364 g/mol. The Kier molecular flexibility index (Phi) is 5.78. The lowest BCUT2D eigenvalue weighted by Crippen LogP contribution is -2.35. The Balaban J connectivity index is 1.50. The zero-order chi connectivity index (χ0) is 20.1. The Labute approximate surface area is 170 Å². The Bertz CT molecular complexity index is 1020. The molecule has 0 aliphatic carbocycles. The van der Waals surface area contributed by atoms with E-state index in [9.17, 15) is 0 Å². The van der Waals surface area contributed by atoms with Gasteiger partial charge in [-0.2, -0.15) is 0 Å². The normalized spacial score (nSPS) is 15.0. The first-order valence-electron chi connectivity index (χ1n) is 9.73. The minimum absolute atomic E-state index is 0.177. The van der Waals surface area contributed by atoms with E-state index in [1.54, 1.807) is 6.20 Å². The second-order valence-corrected chi connectivity index (χ2v) is 7.19. The first kappa shape index (κ1) is 19.0. The van der Waals surface area contributed by atoms with E-state index >= 15 is 0 Å². The van der Waals surface area contributed by atoms with Gasteiger partial charge in [0.2, 0.25) is 0 Å². The third-order valence-corrected chi connectivity index (χ3v) is 5.06. The van der Waals surface area contributed by atoms with Crippen molar-refractivity contribution in [3.63, 3.8) is 0 Å². The highest BCUT2D eigenvalue weighted by atomic mass is 16.5. The van der Waals surface area contributed by atoms with E-state index < -0.39 is 0 Å². The summed E-state index contributed by atoms with van der Waals surface area (Å²) < 4.78 is 12.3. The Morgan fingerprint density at radius 3 is 2.90 bits per heavy atom. The number of nitrogens with zero attached hydrogens (tertiary/aromatic N) is 3. The molecular formula is C23H24N4O2. The maximum absolute atomic E-state index is 6.32. The van der Waals surface area contributed by atoms with E-state index in [0.29, 0.717) is 5.75 Å². The molecule has 1 aliphatic heterocycles. The number of aromatic nitrogens is 2. The lowest BCUT2D eigenvalue weighted by atomic mass is 10.1. The molecule has 0 spiro atoms. The molecule has 1 aliphatic rings. The van der Waals surface area contributed by atoms with Crippen LogP contribution in [0.3, 0.4) is 0 Å². The Hall–Kier alpha value is -3.30. The van der Waals surface area contributed by atoms with Gasteiger partial charge in [-0.25, -0.2) is 9.97 Å². The van der Waals surface area contributed by atoms with Crippen LogP contribution < -0.4 is 14.8 Å². The van der Waals surface area contributed by atoms with E-state index in [1.165, 1.54) is 6.33 Å². The van der Waals surface area contributed by atoms with Gasteiger partial charge >= 0.3 is 0 Å². The molecule has 1 N–H and O–H groups in total. The number of benzene rings is 2. The molecule has 148 valence electrons. The molecule has 0 atom stereocenters. The summed E-state index contributed by atoms with van der Waals surface area (Å²) in [5, 5.41) is 4.17. The van der Waals surface area contributed by atoms with Crippen LogP contribution in [0.2, 0.25) is 0 Å². The molecule has 0 saturated carbocycles. The zero-order valence-electron chi connectivity index (χ0n) is 16.5. The second-order valence-electron chi connectivity index (χ2n) is 7.19. The fourth-order valence-electron chi connectivity index (χ4n) is 3.39. The predicted octanol–water partition coefficient (Wildman–Crippen LogP) is 3.53. The average Bonchev–Trinajstić information content (AvgIpc) is 2.76. The van der Waals surface area contributed by atoms with Crippen LogP contribution in [0.25, 0.3) is 10.9 Å². The van der Waals surface area contributed by atoms with Gasteiger partial charge in [0.15, 0.2) is 18.2 Å². The van der Waals surface area contributed by atoms with Crippen LogP contribution in [-0.4, -0.2) is 47.8 Å². The predicted molar refractivity (Wildman–Crippen MR) is 114 cm³/mol. The summed E-state index contributed by atoms with van der Waals surface area (Å²) in [6.07, 6.45) is 11.0. The Morgan fingerprint density at radius 2 is 2.07 bits per heavy atom. The number of hydrogen-bond acceptors (Lipinski definition) is 6. The van der Waals surface area contributed by atoms with Crippen LogP contribution in [0.5, 0.6) is 11.5 Å². The quantitative estimate of drug-likeness (QED) is 0.515. The fraction of sp³-hybridized carbons (Fsp3) is 0.304. The number of ether oxygens (including phenoxy) is 2. The van der Waals surface area contributed by atoms with Crippen LogP contribution in [0.1, 0.15) is 18.4 Å². The third kappa shape index (κ3) is 4.76. The molecule has 1 saturated heterocycles. The molecule has 1 fully saturated rings. The zero-order valence-corrected chi connectivity index (χ0v) is 16.5. The van der Waals surface area contributed by atoms with Gasteiger partial charge in [-0.05, 0) is 44.2 Å². The number of fused-ring (bicyclic) bond motifs is 1. The number of rotatable bonds is 6. The van der Waals surface area contributed by atoms with Crippen LogP contribution in [0.4, 0.5) is 5.69 Å². The third-order valence-electron chi connectivity index (χ3n) is 5.06. The van der Waals surface area contributed by atoms with E-state index in [0.717, 1.165) is 53.8 Å². The largest absolute Gasteiger partial charge is 0.486 e. The molecule has 29 heavy (non-hydrogen) atoms. The summed E-state index contributed by atoms with van der Waals surface area (Å²) in [6, 6.07) is 11.5. The van der Waals surface area contributed by atoms with Gasteiger partial charge in [0.25, 0.3) is 0 Å². The molecule has 6 nitrogen and oxygen atoms in total. The maximum Gasteiger partial charge on any atom is 0.166 e. The summed E-state index contributed by atoms with van der Waals surface area (Å²) >= 11 is 0. The molecule has 2 heterocycles.